The summed E-state index contributed by atoms with van der Waals surface area (Å²) < 4.78 is 9.91. The van der Waals surface area contributed by atoms with E-state index in [1.165, 1.54) is 0 Å². The molecule has 1 rings (SSSR count). The van der Waals surface area contributed by atoms with Gasteiger partial charge in [-0.15, -0.1) is 0 Å². The maximum atomic E-state index is 10.2. The second kappa shape index (κ2) is 4.23. The maximum Gasteiger partial charge on any atom is 0.215 e. The van der Waals surface area contributed by atoms with Crippen LogP contribution >= 0.6 is 0 Å². The van der Waals surface area contributed by atoms with Gasteiger partial charge in [0.05, 0.1) is 6.61 Å². The van der Waals surface area contributed by atoms with Gasteiger partial charge in [0.25, 0.3) is 0 Å². The molecular formula is C8H12O4. The summed E-state index contributed by atoms with van der Waals surface area (Å²) in [7, 11) is 0. The summed E-state index contributed by atoms with van der Waals surface area (Å²) in [6, 6.07) is 0. The molecule has 12 heavy (non-hydrogen) atoms. The first-order chi connectivity index (χ1) is 5.77. The summed E-state index contributed by atoms with van der Waals surface area (Å²) in [5, 5.41) is 9.30. The van der Waals surface area contributed by atoms with Gasteiger partial charge < -0.3 is 14.6 Å². The third kappa shape index (κ3) is 2.06. The Labute approximate surface area is 70.8 Å². The van der Waals surface area contributed by atoms with Gasteiger partial charge in [-0.05, 0) is 12.5 Å². The molecule has 2 atom stereocenters. The largest absolute Gasteiger partial charge is 0.510 e. The average Bonchev–Trinajstić information content (AvgIpc) is 2.52. The van der Waals surface area contributed by atoms with Crippen molar-refractivity contribution in [3.8, 4) is 0 Å². The normalized spacial score (nSPS) is 30.6. The zero-order valence-electron chi connectivity index (χ0n) is 6.90. The molecular weight excluding hydrogens is 160 g/mol. The summed E-state index contributed by atoms with van der Waals surface area (Å²) in [6.07, 6.45) is 1.65. The molecule has 1 fully saturated rings. The second-order valence-corrected chi connectivity index (χ2v) is 2.50. The van der Waals surface area contributed by atoms with Crippen molar-refractivity contribution >= 4 is 6.29 Å². The average molecular weight is 172 g/mol. The van der Waals surface area contributed by atoms with E-state index < -0.39 is 12.4 Å². The van der Waals surface area contributed by atoms with Gasteiger partial charge >= 0.3 is 0 Å². The molecule has 0 aliphatic carbocycles. The number of aliphatic hydroxyl groups excluding tert-OH is 1. The quantitative estimate of drug-likeness (QED) is 0.505. The second-order valence-electron chi connectivity index (χ2n) is 2.50. The highest BCUT2D eigenvalue weighted by Gasteiger charge is 2.27. The van der Waals surface area contributed by atoms with Gasteiger partial charge in [0, 0.05) is 0 Å². The molecule has 0 spiro atoms. The fraction of sp³-hybridized carbons (Fsp3) is 0.625. The van der Waals surface area contributed by atoms with E-state index in [2.05, 4.69) is 0 Å². The van der Waals surface area contributed by atoms with Crippen LogP contribution in [0.4, 0.5) is 0 Å². The lowest BCUT2D eigenvalue weighted by atomic mass is 10.2. The molecule has 0 aromatic heterocycles. The predicted octanol–water partition coefficient (Wildman–Crippen LogP) is 0.779. The van der Waals surface area contributed by atoms with Crippen LogP contribution in [0.3, 0.4) is 0 Å². The Kier molecular flexibility index (Phi) is 3.25. The summed E-state index contributed by atoms with van der Waals surface area (Å²) >= 11 is 0. The fourth-order valence-corrected chi connectivity index (χ4v) is 0.990. The number of hydrogen-bond acceptors (Lipinski definition) is 4. The molecule has 1 aliphatic heterocycles. The van der Waals surface area contributed by atoms with Crippen LogP contribution in [0.25, 0.3) is 0 Å². The predicted molar refractivity (Wildman–Crippen MR) is 41.7 cm³/mol. The lowest BCUT2D eigenvalue weighted by Gasteiger charge is -2.06. The molecule has 1 heterocycles. The number of hydrogen-bond donors (Lipinski definition) is 1. The third-order valence-electron chi connectivity index (χ3n) is 1.56. The molecule has 2 unspecified atom stereocenters. The lowest BCUT2D eigenvalue weighted by molar-refractivity contribution is -0.132. The highest BCUT2D eigenvalue weighted by atomic mass is 16.7. The maximum absolute atomic E-state index is 10.2. The van der Waals surface area contributed by atoms with Crippen LogP contribution in [0.2, 0.25) is 0 Å². The van der Waals surface area contributed by atoms with E-state index >= 15 is 0 Å². The molecule has 1 aliphatic rings. The smallest absolute Gasteiger partial charge is 0.215 e. The monoisotopic (exact) mass is 172 g/mol. The van der Waals surface area contributed by atoms with Crippen molar-refractivity contribution in [3.05, 3.63) is 11.8 Å². The highest BCUT2D eigenvalue weighted by Crippen LogP contribution is 2.15. The number of carbonyl (C=O) groups excluding carboxylic acids is 1. The van der Waals surface area contributed by atoms with Crippen LogP contribution < -0.4 is 0 Å². The van der Waals surface area contributed by atoms with Crippen LogP contribution in [0.5, 0.6) is 0 Å². The van der Waals surface area contributed by atoms with Gasteiger partial charge in [-0.2, -0.15) is 0 Å². The highest BCUT2D eigenvalue weighted by molar-refractivity contribution is 5.54. The molecule has 1 N–H and O–H groups in total. The van der Waals surface area contributed by atoms with Crippen molar-refractivity contribution in [1.82, 2.24) is 0 Å². The molecule has 4 nitrogen and oxygen atoms in total. The van der Waals surface area contributed by atoms with Crippen LogP contribution in [0.15, 0.2) is 11.8 Å². The van der Waals surface area contributed by atoms with Crippen LogP contribution in [-0.4, -0.2) is 30.4 Å². The van der Waals surface area contributed by atoms with E-state index in [1.54, 1.807) is 6.08 Å². The van der Waals surface area contributed by atoms with E-state index in [1.807, 2.05) is 6.92 Å². The molecule has 0 radical (unpaired) electrons. The van der Waals surface area contributed by atoms with Gasteiger partial charge in [-0.3, -0.25) is 4.79 Å². The van der Waals surface area contributed by atoms with Crippen molar-refractivity contribution in [2.45, 2.75) is 25.7 Å². The van der Waals surface area contributed by atoms with Gasteiger partial charge in [-0.1, -0.05) is 6.92 Å². The zero-order valence-corrected chi connectivity index (χ0v) is 6.90. The summed E-state index contributed by atoms with van der Waals surface area (Å²) in [5.41, 5.74) is 0. The first-order valence-corrected chi connectivity index (χ1v) is 3.89. The van der Waals surface area contributed by atoms with E-state index in [0.29, 0.717) is 6.29 Å². The van der Waals surface area contributed by atoms with Crippen LogP contribution in [-0.2, 0) is 14.3 Å². The lowest BCUT2D eigenvalue weighted by Crippen LogP contribution is -2.15. The minimum Gasteiger partial charge on any atom is -0.510 e. The van der Waals surface area contributed by atoms with E-state index in [4.69, 9.17) is 9.47 Å². The molecule has 0 aromatic rings. The molecule has 0 bridgehead atoms. The van der Waals surface area contributed by atoms with Crippen molar-refractivity contribution in [2.75, 3.05) is 6.61 Å². The first-order valence-electron chi connectivity index (χ1n) is 3.89. The summed E-state index contributed by atoms with van der Waals surface area (Å²) in [5.74, 6) is 0.141. The molecule has 0 aromatic carbocycles. The Morgan fingerprint density at radius 2 is 2.50 bits per heavy atom. The zero-order chi connectivity index (χ0) is 8.97. The third-order valence-corrected chi connectivity index (χ3v) is 1.56. The van der Waals surface area contributed by atoms with E-state index in [-0.39, 0.29) is 12.4 Å². The Hall–Kier alpha value is -0.870. The molecule has 68 valence electrons. The Balaban J connectivity index is 2.46. The van der Waals surface area contributed by atoms with Crippen LogP contribution in [0, 0.1) is 0 Å². The summed E-state index contributed by atoms with van der Waals surface area (Å²) in [4.78, 5) is 10.2. The minimum absolute atomic E-state index is 0.141. The van der Waals surface area contributed by atoms with Crippen LogP contribution in [0.1, 0.15) is 13.3 Å². The van der Waals surface area contributed by atoms with Gasteiger partial charge in [0.2, 0.25) is 6.29 Å². The number of allylic oxidation sites excluding steroid dienone is 1. The SMILES string of the molecule is CCC=C(O)C1COC(C=O)O1. The number of ether oxygens (including phenoxy) is 2. The molecule has 4 heteroatoms. The van der Waals surface area contributed by atoms with Crippen molar-refractivity contribution in [1.29, 1.82) is 0 Å². The Bertz CT molecular complexity index is 187. The van der Waals surface area contributed by atoms with E-state index in [9.17, 15) is 9.90 Å². The topological polar surface area (TPSA) is 55.8 Å². The molecule has 1 saturated heterocycles. The Morgan fingerprint density at radius 1 is 1.75 bits per heavy atom. The van der Waals surface area contributed by atoms with E-state index in [0.717, 1.165) is 6.42 Å². The van der Waals surface area contributed by atoms with Crippen molar-refractivity contribution < 1.29 is 19.4 Å². The fourth-order valence-electron chi connectivity index (χ4n) is 0.990. The molecule has 0 saturated carbocycles. The Morgan fingerprint density at radius 3 is 3.00 bits per heavy atom. The summed E-state index contributed by atoms with van der Waals surface area (Å²) in [6.45, 7) is 2.15. The number of rotatable bonds is 3. The van der Waals surface area contributed by atoms with Crippen molar-refractivity contribution in [2.24, 2.45) is 0 Å². The van der Waals surface area contributed by atoms with Gasteiger partial charge in [0.1, 0.15) is 11.9 Å². The van der Waals surface area contributed by atoms with Gasteiger partial charge in [0.15, 0.2) is 6.29 Å². The number of aliphatic hydroxyl groups is 1. The number of carbonyl (C=O) groups is 1. The standard InChI is InChI=1S/C8H12O4/c1-2-3-6(10)7-5-11-8(4-9)12-7/h3-4,7-8,10H,2,5H2,1H3. The number of aldehydes is 1. The molecule has 0 amide bonds. The first kappa shape index (κ1) is 9.22. The van der Waals surface area contributed by atoms with Crippen molar-refractivity contribution in [3.63, 3.8) is 0 Å². The minimum atomic E-state index is -0.817. The van der Waals surface area contributed by atoms with Gasteiger partial charge in [-0.25, -0.2) is 0 Å².